The molecule has 0 aliphatic carbocycles. The van der Waals surface area contributed by atoms with Gasteiger partial charge in [-0.3, -0.25) is 4.90 Å². The molecule has 0 spiro atoms. The van der Waals surface area contributed by atoms with Crippen LogP contribution in [-0.4, -0.2) is 54.1 Å². The van der Waals surface area contributed by atoms with E-state index in [-0.39, 0.29) is 0 Å². The second kappa shape index (κ2) is 6.99. The molecule has 1 saturated heterocycles. The topological polar surface area (TPSA) is 58.3 Å². The Morgan fingerprint density at radius 2 is 1.95 bits per heavy atom. The fourth-order valence-electron chi connectivity index (χ4n) is 2.63. The first kappa shape index (κ1) is 15.2. The van der Waals surface area contributed by atoms with E-state index in [0.29, 0.717) is 5.92 Å². The molecule has 2 N–H and O–H groups in total. The summed E-state index contributed by atoms with van der Waals surface area (Å²) in [5.74, 6) is 2.54. The van der Waals surface area contributed by atoms with Crippen LogP contribution in [0.15, 0.2) is 6.07 Å². The van der Waals surface area contributed by atoms with Gasteiger partial charge in [-0.15, -0.1) is 0 Å². The molecule has 1 aliphatic heterocycles. The van der Waals surface area contributed by atoms with Gasteiger partial charge in [0.25, 0.3) is 0 Å². The van der Waals surface area contributed by atoms with E-state index < -0.39 is 0 Å². The molecule has 1 aromatic heterocycles. The summed E-state index contributed by atoms with van der Waals surface area (Å²) in [4.78, 5) is 13.9. The lowest BCUT2D eigenvalue weighted by Gasteiger charge is -2.36. The van der Waals surface area contributed by atoms with Crippen LogP contribution < -0.4 is 10.6 Å². The zero-order valence-electron chi connectivity index (χ0n) is 13.0. The average molecular weight is 277 g/mol. The number of rotatable bonds is 5. The van der Waals surface area contributed by atoms with E-state index in [1.54, 1.807) is 0 Å². The van der Waals surface area contributed by atoms with Crippen molar-refractivity contribution in [3.63, 3.8) is 0 Å². The van der Waals surface area contributed by atoms with E-state index in [4.69, 9.17) is 5.73 Å². The molecule has 2 rings (SSSR count). The van der Waals surface area contributed by atoms with Gasteiger partial charge in [0.15, 0.2) is 0 Å². The molecular weight excluding hydrogens is 250 g/mol. The number of anilines is 1. The molecular formula is C15H27N5. The Kier molecular flexibility index (Phi) is 5.31. The van der Waals surface area contributed by atoms with Gasteiger partial charge in [-0.2, -0.15) is 0 Å². The van der Waals surface area contributed by atoms with Crippen molar-refractivity contribution in [1.29, 1.82) is 0 Å². The Morgan fingerprint density at radius 3 is 2.55 bits per heavy atom. The Labute approximate surface area is 122 Å². The number of nitrogens with zero attached hydrogens (tertiary/aromatic N) is 4. The molecule has 1 aliphatic rings. The third-order valence-electron chi connectivity index (χ3n) is 3.91. The van der Waals surface area contributed by atoms with Gasteiger partial charge in [0, 0.05) is 44.5 Å². The summed E-state index contributed by atoms with van der Waals surface area (Å²) in [6, 6.07) is 2.13. The fraction of sp³-hybridized carbons (Fsp3) is 0.733. The van der Waals surface area contributed by atoms with Gasteiger partial charge >= 0.3 is 0 Å². The molecule has 2 heterocycles. The van der Waals surface area contributed by atoms with Gasteiger partial charge in [0.2, 0.25) is 0 Å². The highest BCUT2D eigenvalue weighted by Crippen LogP contribution is 2.16. The molecule has 5 nitrogen and oxygen atoms in total. The van der Waals surface area contributed by atoms with Crippen LogP contribution in [0.3, 0.4) is 0 Å². The maximum absolute atomic E-state index is 5.70. The van der Waals surface area contributed by atoms with E-state index in [2.05, 4.69) is 39.7 Å². The predicted molar refractivity (Wildman–Crippen MR) is 83.0 cm³/mol. The van der Waals surface area contributed by atoms with Crippen LogP contribution in [0.25, 0.3) is 0 Å². The molecule has 20 heavy (non-hydrogen) atoms. The highest BCUT2D eigenvalue weighted by molar-refractivity contribution is 5.40. The number of aryl methyl sites for hydroxylation is 2. The lowest BCUT2D eigenvalue weighted by Crippen LogP contribution is -2.48. The molecule has 0 bridgehead atoms. The van der Waals surface area contributed by atoms with Crippen molar-refractivity contribution in [1.82, 2.24) is 14.9 Å². The Bertz CT molecular complexity index is 426. The third kappa shape index (κ3) is 3.90. The van der Waals surface area contributed by atoms with Crippen molar-refractivity contribution in [2.24, 2.45) is 11.7 Å². The molecule has 0 amide bonds. The maximum atomic E-state index is 5.70. The standard InChI is InChI=1S/C15H27N5/c1-4-14-9-15(18-13(3)17-14)20-7-5-19(6-8-20)11-12(2)10-16/h9,12H,4-8,10-11,16H2,1-3H3. The quantitative estimate of drug-likeness (QED) is 0.872. The van der Waals surface area contributed by atoms with Crippen molar-refractivity contribution in [3.05, 3.63) is 17.6 Å². The van der Waals surface area contributed by atoms with Gasteiger partial charge in [0.1, 0.15) is 11.6 Å². The minimum atomic E-state index is 0.578. The molecule has 1 fully saturated rings. The number of nitrogens with two attached hydrogens (primary N) is 1. The molecule has 0 saturated carbocycles. The zero-order valence-corrected chi connectivity index (χ0v) is 13.0. The maximum Gasteiger partial charge on any atom is 0.132 e. The number of piperazine rings is 1. The van der Waals surface area contributed by atoms with Crippen molar-refractivity contribution in [2.45, 2.75) is 27.2 Å². The van der Waals surface area contributed by atoms with Crippen LogP contribution in [0.5, 0.6) is 0 Å². The van der Waals surface area contributed by atoms with Crippen molar-refractivity contribution in [3.8, 4) is 0 Å². The molecule has 1 aromatic rings. The van der Waals surface area contributed by atoms with Crippen molar-refractivity contribution in [2.75, 3.05) is 44.2 Å². The van der Waals surface area contributed by atoms with E-state index in [1.165, 1.54) is 0 Å². The molecule has 1 atom stereocenters. The van der Waals surface area contributed by atoms with Crippen LogP contribution in [-0.2, 0) is 6.42 Å². The summed E-state index contributed by atoms with van der Waals surface area (Å²) in [7, 11) is 0. The molecule has 0 radical (unpaired) electrons. The zero-order chi connectivity index (χ0) is 14.5. The van der Waals surface area contributed by atoms with Crippen LogP contribution in [0.1, 0.15) is 25.4 Å². The minimum absolute atomic E-state index is 0.578. The number of hydrogen-bond donors (Lipinski definition) is 1. The SMILES string of the molecule is CCc1cc(N2CCN(CC(C)CN)CC2)nc(C)n1. The van der Waals surface area contributed by atoms with Crippen LogP contribution >= 0.6 is 0 Å². The summed E-state index contributed by atoms with van der Waals surface area (Å²) in [6.07, 6.45) is 0.963. The largest absolute Gasteiger partial charge is 0.354 e. The molecule has 112 valence electrons. The second-order valence-corrected chi connectivity index (χ2v) is 5.75. The first-order valence-corrected chi connectivity index (χ1v) is 7.64. The van der Waals surface area contributed by atoms with Gasteiger partial charge in [-0.05, 0) is 25.8 Å². The normalized spacial score (nSPS) is 18.3. The van der Waals surface area contributed by atoms with E-state index in [1.807, 2.05) is 6.92 Å². The first-order chi connectivity index (χ1) is 9.62. The van der Waals surface area contributed by atoms with Gasteiger partial charge in [-0.1, -0.05) is 13.8 Å². The summed E-state index contributed by atoms with van der Waals surface area (Å²) >= 11 is 0. The van der Waals surface area contributed by atoms with Crippen LogP contribution in [0, 0.1) is 12.8 Å². The predicted octanol–water partition coefficient (Wildman–Crippen LogP) is 1.06. The molecule has 0 aromatic carbocycles. The summed E-state index contributed by atoms with van der Waals surface area (Å²) in [6.45, 7) is 12.5. The van der Waals surface area contributed by atoms with E-state index >= 15 is 0 Å². The minimum Gasteiger partial charge on any atom is -0.354 e. The number of aromatic nitrogens is 2. The number of hydrogen-bond acceptors (Lipinski definition) is 5. The highest BCUT2D eigenvalue weighted by atomic mass is 15.3. The monoisotopic (exact) mass is 277 g/mol. The highest BCUT2D eigenvalue weighted by Gasteiger charge is 2.19. The van der Waals surface area contributed by atoms with Gasteiger partial charge < -0.3 is 10.6 Å². The lowest BCUT2D eigenvalue weighted by atomic mass is 10.1. The van der Waals surface area contributed by atoms with E-state index in [9.17, 15) is 0 Å². The molecule has 5 heteroatoms. The fourth-order valence-corrected chi connectivity index (χ4v) is 2.63. The van der Waals surface area contributed by atoms with Gasteiger partial charge in [0.05, 0.1) is 0 Å². The first-order valence-electron chi connectivity index (χ1n) is 7.64. The second-order valence-electron chi connectivity index (χ2n) is 5.75. The van der Waals surface area contributed by atoms with E-state index in [0.717, 1.165) is 63.0 Å². The van der Waals surface area contributed by atoms with Crippen molar-refractivity contribution < 1.29 is 0 Å². The van der Waals surface area contributed by atoms with Crippen LogP contribution in [0.4, 0.5) is 5.82 Å². The Hall–Kier alpha value is -1.20. The average Bonchev–Trinajstić information content (AvgIpc) is 2.47. The summed E-state index contributed by atoms with van der Waals surface area (Å²) in [5, 5.41) is 0. The summed E-state index contributed by atoms with van der Waals surface area (Å²) in [5.41, 5.74) is 6.83. The Balaban J connectivity index is 1.95. The summed E-state index contributed by atoms with van der Waals surface area (Å²) < 4.78 is 0. The van der Waals surface area contributed by atoms with Gasteiger partial charge in [-0.25, -0.2) is 9.97 Å². The third-order valence-corrected chi connectivity index (χ3v) is 3.91. The Morgan fingerprint density at radius 1 is 1.25 bits per heavy atom. The molecule has 1 unspecified atom stereocenters. The van der Waals surface area contributed by atoms with Crippen LogP contribution in [0.2, 0.25) is 0 Å². The van der Waals surface area contributed by atoms with Crippen molar-refractivity contribution >= 4 is 5.82 Å². The lowest BCUT2D eigenvalue weighted by molar-refractivity contribution is 0.226. The smallest absolute Gasteiger partial charge is 0.132 e.